The summed E-state index contributed by atoms with van der Waals surface area (Å²) in [7, 11) is 6.38. The Morgan fingerprint density at radius 2 is 1.85 bits per heavy atom. The van der Waals surface area contributed by atoms with E-state index in [2.05, 4.69) is 43.7 Å². The van der Waals surface area contributed by atoms with Crippen LogP contribution >= 0.6 is 0 Å². The van der Waals surface area contributed by atoms with Crippen LogP contribution in [0.5, 0.6) is 0 Å². The fourth-order valence-electron chi connectivity index (χ4n) is 6.32. The van der Waals surface area contributed by atoms with Crippen LogP contribution in [0.2, 0.25) is 0 Å². The molecule has 0 unspecified atom stereocenters. The van der Waals surface area contributed by atoms with Crippen LogP contribution in [0.3, 0.4) is 0 Å². The number of fused-ring (bicyclic) bond motifs is 1. The highest BCUT2D eigenvalue weighted by Crippen LogP contribution is 2.34. The number of amides is 2. The minimum atomic E-state index is -0.392. The maximum Gasteiger partial charge on any atom is 0.243 e. The van der Waals surface area contributed by atoms with Gasteiger partial charge in [-0.2, -0.15) is 0 Å². The second-order valence-electron chi connectivity index (χ2n) is 10.9. The Bertz CT molecular complexity index is 842. The largest absolute Gasteiger partial charge is 0.348 e. The minimum Gasteiger partial charge on any atom is -0.348 e. The zero-order valence-electron chi connectivity index (χ0n) is 20.4. The number of carbonyl (C=O) groups is 2. The lowest BCUT2D eigenvalue weighted by atomic mass is 9.84. The van der Waals surface area contributed by atoms with E-state index in [0.717, 1.165) is 64.8 Å². The molecule has 9 nitrogen and oxygen atoms in total. The molecule has 4 saturated heterocycles. The Morgan fingerprint density at radius 3 is 2.52 bits per heavy atom. The van der Waals surface area contributed by atoms with Gasteiger partial charge in [-0.25, -0.2) is 4.98 Å². The molecule has 33 heavy (non-hydrogen) atoms. The number of hydrogen-bond donors (Lipinski definition) is 1. The molecule has 0 aromatic carbocycles. The van der Waals surface area contributed by atoms with E-state index >= 15 is 0 Å². The molecule has 1 aromatic heterocycles. The van der Waals surface area contributed by atoms with E-state index in [-0.39, 0.29) is 23.9 Å². The van der Waals surface area contributed by atoms with Crippen molar-refractivity contribution in [1.82, 2.24) is 34.5 Å². The minimum absolute atomic E-state index is 0.0558. The number of carbonyl (C=O) groups excluding carboxylic acids is 2. The highest BCUT2D eigenvalue weighted by atomic mass is 16.2. The summed E-state index contributed by atoms with van der Waals surface area (Å²) >= 11 is 0. The number of likely N-dealkylation sites (tertiary alicyclic amines) is 2. The molecular weight excluding hydrogens is 418 g/mol. The number of likely N-dealkylation sites (N-methyl/N-ethyl adjacent to an activating group) is 1. The normalized spacial score (nSPS) is 29.5. The number of aryl methyl sites for hydroxylation is 1. The molecule has 2 amide bonds. The molecule has 2 atom stereocenters. The number of nitrogens with zero attached hydrogens (tertiary/aromatic N) is 6. The summed E-state index contributed by atoms with van der Waals surface area (Å²) in [5, 5.41) is 3.36. The zero-order valence-corrected chi connectivity index (χ0v) is 20.4. The summed E-state index contributed by atoms with van der Waals surface area (Å²) in [6.07, 6.45) is 8.88. The Hall–Kier alpha value is -1.97. The molecule has 0 bridgehead atoms. The first kappa shape index (κ1) is 22.8. The first-order chi connectivity index (χ1) is 15.8. The van der Waals surface area contributed by atoms with Gasteiger partial charge in [-0.3, -0.25) is 19.4 Å². The lowest BCUT2D eigenvalue weighted by Crippen LogP contribution is -2.56. The van der Waals surface area contributed by atoms with Gasteiger partial charge in [0.2, 0.25) is 11.8 Å². The van der Waals surface area contributed by atoms with E-state index in [1.807, 2.05) is 24.5 Å². The monoisotopic (exact) mass is 457 g/mol. The molecule has 1 N–H and O–H groups in total. The van der Waals surface area contributed by atoms with Crippen LogP contribution in [-0.2, 0) is 23.2 Å². The summed E-state index contributed by atoms with van der Waals surface area (Å²) in [6, 6.07) is 0.499. The fourth-order valence-corrected chi connectivity index (χ4v) is 6.32. The Balaban J connectivity index is 1.20. The Labute approximate surface area is 197 Å². The van der Waals surface area contributed by atoms with Crippen molar-refractivity contribution in [3.8, 4) is 0 Å². The molecule has 0 saturated carbocycles. The SMILES string of the molecule is CN1CCC(N(C)[C@H]2C[C@H]3C(=O)NC4(CCN(Cc5cncn5C)CC4)CC(=O)N3C2)CC1. The van der Waals surface area contributed by atoms with Gasteiger partial charge >= 0.3 is 0 Å². The van der Waals surface area contributed by atoms with Crippen molar-refractivity contribution >= 4 is 11.8 Å². The van der Waals surface area contributed by atoms with E-state index in [0.29, 0.717) is 19.0 Å². The van der Waals surface area contributed by atoms with Gasteiger partial charge in [0, 0.05) is 51.5 Å². The van der Waals surface area contributed by atoms with Gasteiger partial charge < -0.3 is 19.7 Å². The van der Waals surface area contributed by atoms with Crippen molar-refractivity contribution in [1.29, 1.82) is 0 Å². The van der Waals surface area contributed by atoms with Crippen molar-refractivity contribution in [2.45, 2.75) is 68.7 Å². The summed E-state index contributed by atoms with van der Waals surface area (Å²) in [5.41, 5.74) is 0.795. The van der Waals surface area contributed by atoms with Gasteiger partial charge in [0.25, 0.3) is 0 Å². The van der Waals surface area contributed by atoms with Gasteiger partial charge in [-0.05, 0) is 59.3 Å². The van der Waals surface area contributed by atoms with Crippen LogP contribution < -0.4 is 5.32 Å². The number of rotatable bonds is 4. The molecule has 182 valence electrons. The average molecular weight is 458 g/mol. The first-order valence-electron chi connectivity index (χ1n) is 12.5. The number of aromatic nitrogens is 2. The first-order valence-corrected chi connectivity index (χ1v) is 12.5. The van der Waals surface area contributed by atoms with Gasteiger partial charge in [-0.1, -0.05) is 0 Å². The van der Waals surface area contributed by atoms with Crippen LogP contribution in [0.4, 0.5) is 0 Å². The maximum absolute atomic E-state index is 13.4. The topological polar surface area (TPSA) is 77.0 Å². The molecule has 9 heteroatoms. The van der Waals surface area contributed by atoms with Crippen molar-refractivity contribution in [3.63, 3.8) is 0 Å². The summed E-state index contributed by atoms with van der Waals surface area (Å²) in [6.45, 7) is 5.54. The summed E-state index contributed by atoms with van der Waals surface area (Å²) in [5.74, 6) is 0.206. The third kappa shape index (κ3) is 4.55. The van der Waals surface area contributed by atoms with Gasteiger partial charge in [0.1, 0.15) is 6.04 Å². The fraction of sp³-hybridized carbons (Fsp3) is 0.792. The summed E-state index contributed by atoms with van der Waals surface area (Å²) in [4.78, 5) is 40.0. The van der Waals surface area contributed by atoms with Crippen LogP contribution in [0.25, 0.3) is 0 Å². The lowest BCUT2D eigenvalue weighted by molar-refractivity contribution is -0.135. The van der Waals surface area contributed by atoms with Crippen molar-refractivity contribution in [2.75, 3.05) is 46.8 Å². The molecule has 1 aromatic rings. The van der Waals surface area contributed by atoms with Crippen molar-refractivity contribution in [3.05, 3.63) is 18.2 Å². The van der Waals surface area contributed by atoms with Crippen LogP contribution in [0.1, 0.15) is 44.2 Å². The van der Waals surface area contributed by atoms with Crippen LogP contribution in [0, 0.1) is 0 Å². The molecule has 4 aliphatic rings. The molecule has 4 aliphatic heterocycles. The second-order valence-corrected chi connectivity index (χ2v) is 10.9. The summed E-state index contributed by atoms with van der Waals surface area (Å²) < 4.78 is 2.05. The highest BCUT2D eigenvalue weighted by molar-refractivity contribution is 5.92. The zero-order chi connectivity index (χ0) is 23.2. The van der Waals surface area contributed by atoms with E-state index in [1.165, 1.54) is 5.69 Å². The Kier molecular flexibility index (Phi) is 6.22. The third-order valence-corrected chi connectivity index (χ3v) is 8.74. The van der Waals surface area contributed by atoms with Gasteiger partial charge in [0.05, 0.1) is 24.0 Å². The lowest BCUT2D eigenvalue weighted by Gasteiger charge is -2.41. The third-order valence-electron chi connectivity index (χ3n) is 8.74. The average Bonchev–Trinajstić information content (AvgIpc) is 3.40. The number of imidazole rings is 1. The van der Waals surface area contributed by atoms with E-state index in [4.69, 9.17) is 0 Å². The van der Waals surface area contributed by atoms with Crippen molar-refractivity contribution in [2.24, 2.45) is 7.05 Å². The Morgan fingerprint density at radius 1 is 1.12 bits per heavy atom. The van der Waals surface area contributed by atoms with Gasteiger partial charge in [0.15, 0.2) is 0 Å². The van der Waals surface area contributed by atoms with E-state index in [9.17, 15) is 9.59 Å². The predicted octanol–water partition coefficient (Wildman–Crippen LogP) is 0.270. The van der Waals surface area contributed by atoms with E-state index < -0.39 is 5.54 Å². The van der Waals surface area contributed by atoms with E-state index in [1.54, 1.807) is 0 Å². The predicted molar refractivity (Wildman–Crippen MR) is 125 cm³/mol. The molecule has 0 aliphatic carbocycles. The molecule has 1 spiro atoms. The number of piperidine rings is 2. The standard InChI is InChI=1S/C24H39N7O2/c1-27-8-4-18(5-9-27)29(3)19-12-21-23(33)26-24(13-22(32)31(21)16-19)6-10-30(11-7-24)15-20-14-25-17-28(20)2/h14,17-19,21H,4-13,15-16H2,1-3H3,(H,26,33)/t19-,21-/m0/s1. The van der Waals surface area contributed by atoms with Gasteiger partial charge in [-0.15, -0.1) is 0 Å². The number of nitrogens with one attached hydrogen (secondary N) is 1. The highest BCUT2D eigenvalue weighted by Gasteiger charge is 2.49. The molecule has 5 rings (SSSR count). The quantitative estimate of drug-likeness (QED) is 0.700. The molecule has 0 radical (unpaired) electrons. The smallest absolute Gasteiger partial charge is 0.243 e. The van der Waals surface area contributed by atoms with Crippen LogP contribution in [-0.4, -0.2) is 111 Å². The maximum atomic E-state index is 13.4. The van der Waals surface area contributed by atoms with Crippen molar-refractivity contribution < 1.29 is 9.59 Å². The van der Waals surface area contributed by atoms with Crippen LogP contribution in [0.15, 0.2) is 12.5 Å². The second kappa shape index (κ2) is 9.00. The molecule has 4 fully saturated rings. The molecule has 5 heterocycles. The number of hydrogen-bond acceptors (Lipinski definition) is 6. The molecular formula is C24H39N7O2.